The zero-order chi connectivity index (χ0) is 21.4. The molecular weight excluding hydrogens is 360 g/mol. The van der Waals surface area contributed by atoms with Gasteiger partial charge in [-0.3, -0.25) is 9.59 Å². The van der Waals surface area contributed by atoms with E-state index in [4.69, 9.17) is 0 Å². The highest BCUT2D eigenvalue weighted by atomic mass is 16.4. The minimum absolute atomic E-state index is 0.0286. The average Bonchev–Trinajstić information content (AvgIpc) is 2.99. The summed E-state index contributed by atoms with van der Waals surface area (Å²) in [7, 11) is 0. The van der Waals surface area contributed by atoms with Crippen molar-refractivity contribution < 1.29 is 14.7 Å². The third-order valence-electron chi connectivity index (χ3n) is 9.56. The highest BCUT2D eigenvalue weighted by molar-refractivity contribution is 5.86. The van der Waals surface area contributed by atoms with Gasteiger partial charge in [0.05, 0.1) is 5.92 Å². The largest absolute Gasteiger partial charge is 0.481 e. The summed E-state index contributed by atoms with van der Waals surface area (Å²) < 4.78 is 0. The Bertz CT molecular complexity index is 611. The van der Waals surface area contributed by atoms with Crippen molar-refractivity contribution in [3.63, 3.8) is 0 Å². The van der Waals surface area contributed by atoms with E-state index in [1.165, 1.54) is 25.7 Å². The van der Waals surface area contributed by atoms with Crippen LogP contribution >= 0.6 is 0 Å². The number of carboxylic acids is 1. The van der Waals surface area contributed by atoms with Crippen LogP contribution in [-0.4, -0.2) is 16.9 Å². The Kier molecular flexibility index (Phi) is 6.85. The quantitative estimate of drug-likeness (QED) is 0.511. The zero-order valence-electron chi connectivity index (χ0n) is 19.5. The van der Waals surface area contributed by atoms with Gasteiger partial charge in [0.1, 0.15) is 5.78 Å². The first-order chi connectivity index (χ1) is 13.6. The summed E-state index contributed by atoms with van der Waals surface area (Å²) in [4.78, 5) is 25.5. The molecule has 0 aromatic heterocycles. The zero-order valence-corrected chi connectivity index (χ0v) is 19.5. The molecule has 7 atom stereocenters. The van der Waals surface area contributed by atoms with E-state index in [1.54, 1.807) is 0 Å². The topological polar surface area (TPSA) is 54.4 Å². The maximum atomic E-state index is 12.9. The smallest absolute Gasteiger partial charge is 0.307 e. The van der Waals surface area contributed by atoms with Crippen molar-refractivity contribution in [2.45, 2.75) is 105 Å². The van der Waals surface area contributed by atoms with Crippen LogP contribution in [0.1, 0.15) is 105 Å². The van der Waals surface area contributed by atoms with E-state index < -0.39 is 11.4 Å². The van der Waals surface area contributed by atoms with Crippen LogP contribution in [0.5, 0.6) is 0 Å². The second-order valence-electron chi connectivity index (χ2n) is 11.7. The molecule has 0 aliphatic heterocycles. The van der Waals surface area contributed by atoms with E-state index >= 15 is 0 Å². The fourth-order valence-electron chi connectivity index (χ4n) is 7.82. The molecule has 3 aliphatic carbocycles. The molecule has 0 unspecified atom stereocenters. The minimum atomic E-state index is -0.640. The Morgan fingerprint density at radius 3 is 2.38 bits per heavy atom. The lowest BCUT2D eigenvalue weighted by molar-refractivity contribution is -0.161. The van der Waals surface area contributed by atoms with E-state index in [0.29, 0.717) is 24.0 Å². The van der Waals surface area contributed by atoms with Crippen LogP contribution in [0.4, 0.5) is 0 Å². The van der Waals surface area contributed by atoms with Crippen LogP contribution in [0.3, 0.4) is 0 Å². The van der Waals surface area contributed by atoms with Gasteiger partial charge >= 0.3 is 5.97 Å². The number of rotatable bonds is 7. The summed E-state index contributed by atoms with van der Waals surface area (Å²) in [6.07, 6.45) is 11.7. The van der Waals surface area contributed by atoms with E-state index in [0.717, 1.165) is 44.4 Å². The molecule has 166 valence electrons. The Morgan fingerprint density at radius 1 is 1.03 bits per heavy atom. The molecule has 0 saturated heterocycles. The van der Waals surface area contributed by atoms with Crippen molar-refractivity contribution in [2.24, 2.45) is 46.3 Å². The molecule has 0 radical (unpaired) electrons. The molecule has 0 heterocycles. The lowest BCUT2D eigenvalue weighted by Gasteiger charge is -2.53. The van der Waals surface area contributed by atoms with Crippen molar-refractivity contribution in [1.29, 1.82) is 0 Å². The van der Waals surface area contributed by atoms with E-state index in [-0.39, 0.29) is 23.2 Å². The van der Waals surface area contributed by atoms with Crippen molar-refractivity contribution in [3.05, 3.63) is 0 Å². The molecule has 3 fully saturated rings. The molecule has 1 N–H and O–H groups in total. The maximum absolute atomic E-state index is 12.9. The number of carbonyl (C=O) groups excluding carboxylic acids is 1. The lowest BCUT2D eigenvalue weighted by Crippen LogP contribution is -2.52. The molecule has 0 spiro atoms. The standard InChI is InChI=1S/C26H44O3/c1-17(2)9-8-10-18(3)19-12-13-20-23(24(28)29)21(14-16-25(19,20)4)26(5)15-7-6-11-22(26)27/h17-21,23H,6-16H2,1-5H3,(H,28,29)/t18-,19-,20+,21+,23+,25-,26+/m1/s1. The second-order valence-corrected chi connectivity index (χ2v) is 11.7. The number of hydrogen-bond donors (Lipinski definition) is 1. The summed E-state index contributed by atoms with van der Waals surface area (Å²) in [5.41, 5.74) is -0.283. The predicted molar refractivity (Wildman–Crippen MR) is 118 cm³/mol. The van der Waals surface area contributed by atoms with Gasteiger partial charge in [0.25, 0.3) is 0 Å². The molecule has 0 aromatic rings. The molecule has 0 amide bonds. The van der Waals surface area contributed by atoms with E-state index in [1.807, 2.05) is 0 Å². The fourth-order valence-corrected chi connectivity index (χ4v) is 7.82. The molecule has 0 aromatic carbocycles. The summed E-state index contributed by atoms with van der Waals surface area (Å²) in [5.74, 6) is 1.69. The molecular formula is C26H44O3. The minimum Gasteiger partial charge on any atom is -0.481 e. The molecule has 3 rings (SSSR count). The average molecular weight is 405 g/mol. The highest BCUT2D eigenvalue weighted by Gasteiger charge is 2.60. The van der Waals surface area contributed by atoms with E-state index in [9.17, 15) is 14.7 Å². The summed E-state index contributed by atoms with van der Waals surface area (Å²) in [6.45, 7) is 11.5. The van der Waals surface area contributed by atoms with Gasteiger partial charge in [0.15, 0.2) is 0 Å². The summed E-state index contributed by atoms with van der Waals surface area (Å²) in [5, 5.41) is 10.3. The molecule has 3 heteroatoms. The fraction of sp³-hybridized carbons (Fsp3) is 0.923. The molecule has 3 aliphatic rings. The van der Waals surface area contributed by atoms with Gasteiger partial charge in [-0.25, -0.2) is 0 Å². The number of carbonyl (C=O) groups is 2. The normalized spacial score (nSPS) is 41.4. The third kappa shape index (κ3) is 4.17. The van der Waals surface area contributed by atoms with Crippen LogP contribution in [0.15, 0.2) is 0 Å². The van der Waals surface area contributed by atoms with Gasteiger partial charge in [-0.1, -0.05) is 60.3 Å². The first-order valence-corrected chi connectivity index (χ1v) is 12.4. The van der Waals surface area contributed by atoms with Crippen LogP contribution < -0.4 is 0 Å². The summed E-state index contributed by atoms with van der Waals surface area (Å²) >= 11 is 0. The lowest BCUT2D eigenvalue weighted by atomic mass is 9.50. The highest BCUT2D eigenvalue weighted by Crippen LogP contribution is 2.64. The second kappa shape index (κ2) is 8.71. The van der Waals surface area contributed by atoms with Gasteiger partial charge in [-0.15, -0.1) is 0 Å². The van der Waals surface area contributed by atoms with Crippen LogP contribution in [0.2, 0.25) is 0 Å². The van der Waals surface area contributed by atoms with E-state index in [2.05, 4.69) is 34.6 Å². The van der Waals surface area contributed by atoms with Crippen LogP contribution in [0, 0.1) is 46.3 Å². The summed E-state index contributed by atoms with van der Waals surface area (Å²) in [6, 6.07) is 0. The SMILES string of the molecule is CC(C)CCC[C@@H](C)[C@H]1CC[C@H]2[C@H](C(=O)O)[C@@H]([C@]3(C)CCCCC3=O)CC[C@]12C. The van der Waals surface area contributed by atoms with Crippen molar-refractivity contribution in [3.8, 4) is 0 Å². The number of hydrogen-bond acceptors (Lipinski definition) is 2. The van der Waals surface area contributed by atoms with Crippen molar-refractivity contribution in [1.82, 2.24) is 0 Å². The molecule has 3 nitrogen and oxygen atoms in total. The van der Waals surface area contributed by atoms with Crippen molar-refractivity contribution >= 4 is 11.8 Å². The van der Waals surface area contributed by atoms with Gasteiger partial charge in [-0.05, 0) is 73.5 Å². The molecule has 29 heavy (non-hydrogen) atoms. The van der Waals surface area contributed by atoms with Crippen LogP contribution in [0.25, 0.3) is 0 Å². The predicted octanol–water partition coefficient (Wildman–Crippen LogP) is 6.74. The number of fused-ring (bicyclic) bond motifs is 1. The van der Waals surface area contributed by atoms with Crippen LogP contribution in [-0.2, 0) is 9.59 Å². The monoisotopic (exact) mass is 404 g/mol. The Balaban J connectivity index is 1.79. The van der Waals surface area contributed by atoms with Gasteiger partial charge in [-0.2, -0.15) is 0 Å². The first kappa shape index (κ1) is 22.8. The van der Waals surface area contributed by atoms with Gasteiger partial charge < -0.3 is 5.11 Å². The third-order valence-corrected chi connectivity index (χ3v) is 9.56. The first-order valence-electron chi connectivity index (χ1n) is 12.4. The molecule has 0 bridgehead atoms. The number of carboxylic acid groups (broad SMARTS) is 1. The Morgan fingerprint density at radius 2 is 1.76 bits per heavy atom. The number of Topliss-reactive ketones (excluding diaryl/α,β-unsaturated/α-hetero) is 1. The Hall–Kier alpha value is -0.860. The number of ketones is 1. The molecule has 3 saturated carbocycles. The van der Waals surface area contributed by atoms with Gasteiger partial charge in [0.2, 0.25) is 0 Å². The number of aliphatic carboxylic acids is 1. The maximum Gasteiger partial charge on any atom is 0.307 e. The Labute approximate surface area is 178 Å². The van der Waals surface area contributed by atoms with Gasteiger partial charge in [0, 0.05) is 11.8 Å². The van der Waals surface area contributed by atoms with Crippen molar-refractivity contribution in [2.75, 3.05) is 0 Å².